The highest BCUT2D eigenvalue weighted by Crippen LogP contribution is 2.13. The largest absolute Gasteiger partial charge is 0.464 e. The van der Waals surface area contributed by atoms with Gasteiger partial charge in [0.15, 0.2) is 0 Å². The molecule has 0 radical (unpaired) electrons. The van der Waals surface area contributed by atoms with E-state index in [4.69, 9.17) is 4.74 Å². The second-order valence-corrected chi connectivity index (χ2v) is 3.33. The zero-order chi connectivity index (χ0) is 12.0. The van der Waals surface area contributed by atoms with Crippen molar-refractivity contribution in [1.29, 1.82) is 0 Å². The lowest BCUT2D eigenvalue weighted by molar-refractivity contribution is -0.143. The van der Waals surface area contributed by atoms with Crippen molar-refractivity contribution in [2.45, 2.75) is 19.9 Å². The van der Waals surface area contributed by atoms with Crippen LogP contribution in [0.4, 0.5) is 11.4 Å². The minimum Gasteiger partial charge on any atom is -0.464 e. The lowest BCUT2D eigenvalue weighted by Gasteiger charge is -2.14. The molecule has 0 bridgehead atoms. The topological polar surface area (TPSA) is 63.2 Å². The van der Waals surface area contributed by atoms with E-state index in [0.29, 0.717) is 6.61 Å². The van der Waals surface area contributed by atoms with Gasteiger partial charge in [-0.15, -0.1) is 0 Å². The molecule has 1 unspecified atom stereocenters. The Morgan fingerprint density at radius 3 is 2.81 bits per heavy atom. The maximum atomic E-state index is 11.4. The highest BCUT2D eigenvalue weighted by atomic mass is 16.5. The minimum absolute atomic E-state index is 0.266. The van der Waals surface area contributed by atoms with Crippen molar-refractivity contribution in [3.63, 3.8) is 0 Å². The van der Waals surface area contributed by atoms with Crippen LogP contribution in [-0.4, -0.2) is 30.6 Å². The highest BCUT2D eigenvalue weighted by Gasteiger charge is 2.13. The fourth-order valence-corrected chi connectivity index (χ4v) is 1.23. The number of rotatable bonds is 5. The smallest absolute Gasteiger partial charge is 0.328 e. The third-order valence-corrected chi connectivity index (χ3v) is 2.05. The Morgan fingerprint density at radius 2 is 2.19 bits per heavy atom. The summed E-state index contributed by atoms with van der Waals surface area (Å²) in [6, 6.07) is 1.50. The SMILES string of the molecule is CCOC(=O)C(C)Nc1cncc(NC)c1. The number of nitrogens with one attached hydrogen (secondary N) is 2. The average Bonchev–Trinajstić information content (AvgIpc) is 2.29. The molecule has 0 fully saturated rings. The normalized spacial score (nSPS) is 11.7. The molecule has 1 atom stereocenters. The van der Waals surface area contributed by atoms with Crippen LogP contribution in [0.25, 0.3) is 0 Å². The van der Waals surface area contributed by atoms with Crippen LogP contribution in [0, 0.1) is 0 Å². The minimum atomic E-state index is -0.381. The number of pyridine rings is 1. The van der Waals surface area contributed by atoms with Crippen molar-refractivity contribution in [2.24, 2.45) is 0 Å². The van der Waals surface area contributed by atoms with Crippen molar-refractivity contribution < 1.29 is 9.53 Å². The molecule has 0 aliphatic heterocycles. The van der Waals surface area contributed by atoms with Crippen LogP contribution < -0.4 is 10.6 Å². The Balaban J connectivity index is 2.61. The van der Waals surface area contributed by atoms with E-state index < -0.39 is 0 Å². The monoisotopic (exact) mass is 223 g/mol. The fourth-order valence-electron chi connectivity index (χ4n) is 1.23. The maximum Gasteiger partial charge on any atom is 0.328 e. The molecule has 2 N–H and O–H groups in total. The zero-order valence-corrected chi connectivity index (χ0v) is 9.78. The van der Waals surface area contributed by atoms with Gasteiger partial charge in [0.2, 0.25) is 0 Å². The van der Waals surface area contributed by atoms with Gasteiger partial charge in [0.05, 0.1) is 30.4 Å². The van der Waals surface area contributed by atoms with Crippen LogP contribution in [0.2, 0.25) is 0 Å². The molecule has 0 saturated heterocycles. The number of aromatic nitrogens is 1. The molecule has 16 heavy (non-hydrogen) atoms. The molecule has 0 aliphatic rings. The van der Waals surface area contributed by atoms with Gasteiger partial charge in [-0.2, -0.15) is 0 Å². The number of hydrogen-bond donors (Lipinski definition) is 2. The standard InChI is InChI=1S/C11H17N3O2/c1-4-16-11(15)8(2)14-10-5-9(12-3)6-13-7-10/h5-8,12,14H,4H2,1-3H3. The molecule has 1 aromatic rings. The molecule has 1 heterocycles. The van der Waals surface area contributed by atoms with Crippen LogP contribution in [0.5, 0.6) is 0 Å². The molecule has 5 nitrogen and oxygen atoms in total. The van der Waals surface area contributed by atoms with Gasteiger partial charge in [-0.25, -0.2) is 4.79 Å². The van der Waals surface area contributed by atoms with E-state index in [1.807, 2.05) is 13.1 Å². The number of ether oxygens (including phenoxy) is 1. The highest BCUT2D eigenvalue weighted by molar-refractivity contribution is 5.78. The number of carbonyl (C=O) groups excluding carboxylic acids is 1. The first-order valence-electron chi connectivity index (χ1n) is 5.23. The summed E-state index contributed by atoms with van der Waals surface area (Å²) in [5, 5.41) is 6.00. The number of anilines is 2. The Labute approximate surface area is 95.2 Å². The predicted octanol–water partition coefficient (Wildman–Crippen LogP) is 1.49. The molecule has 5 heteroatoms. The van der Waals surface area contributed by atoms with Crippen molar-refractivity contribution in [3.8, 4) is 0 Å². The van der Waals surface area contributed by atoms with Crippen molar-refractivity contribution in [3.05, 3.63) is 18.5 Å². The third kappa shape index (κ3) is 3.42. The lowest BCUT2D eigenvalue weighted by atomic mass is 10.3. The van der Waals surface area contributed by atoms with Gasteiger partial charge in [-0.3, -0.25) is 4.98 Å². The van der Waals surface area contributed by atoms with Crippen molar-refractivity contribution in [2.75, 3.05) is 24.3 Å². The van der Waals surface area contributed by atoms with E-state index in [-0.39, 0.29) is 12.0 Å². The summed E-state index contributed by atoms with van der Waals surface area (Å²) in [5.74, 6) is -0.266. The number of nitrogens with zero attached hydrogens (tertiary/aromatic N) is 1. The maximum absolute atomic E-state index is 11.4. The molecule has 0 spiro atoms. The molecule has 0 amide bonds. The van der Waals surface area contributed by atoms with E-state index in [1.165, 1.54) is 0 Å². The van der Waals surface area contributed by atoms with E-state index in [0.717, 1.165) is 11.4 Å². The molecule has 0 aliphatic carbocycles. The quantitative estimate of drug-likeness (QED) is 0.740. The molecular formula is C11H17N3O2. The van der Waals surface area contributed by atoms with Crippen LogP contribution >= 0.6 is 0 Å². The van der Waals surface area contributed by atoms with Crippen LogP contribution in [0.15, 0.2) is 18.5 Å². The fraction of sp³-hybridized carbons (Fsp3) is 0.455. The van der Waals surface area contributed by atoms with Crippen molar-refractivity contribution in [1.82, 2.24) is 4.98 Å². The third-order valence-electron chi connectivity index (χ3n) is 2.05. The van der Waals surface area contributed by atoms with Crippen molar-refractivity contribution >= 4 is 17.3 Å². The van der Waals surface area contributed by atoms with Gasteiger partial charge < -0.3 is 15.4 Å². The Bertz CT molecular complexity index is 355. The first-order valence-corrected chi connectivity index (χ1v) is 5.23. The van der Waals surface area contributed by atoms with E-state index >= 15 is 0 Å². The van der Waals surface area contributed by atoms with Gasteiger partial charge in [0, 0.05) is 7.05 Å². The summed E-state index contributed by atoms with van der Waals surface area (Å²) in [7, 11) is 1.82. The van der Waals surface area contributed by atoms with Gasteiger partial charge in [0.1, 0.15) is 6.04 Å². The van der Waals surface area contributed by atoms with Gasteiger partial charge in [-0.1, -0.05) is 0 Å². The molecule has 1 aromatic heterocycles. The second kappa shape index (κ2) is 5.95. The van der Waals surface area contributed by atoms with E-state index in [9.17, 15) is 4.79 Å². The first-order chi connectivity index (χ1) is 7.67. The van der Waals surface area contributed by atoms with Gasteiger partial charge >= 0.3 is 5.97 Å². The zero-order valence-electron chi connectivity index (χ0n) is 9.78. The van der Waals surface area contributed by atoms with Crippen LogP contribution in [-0.2, 0) is 9.53 Å². The predicted molar refractivity (Wildman–Crippen MR) is 63.5 cm³/mol. The summed E-state index contributed by atoms with van der Waals surface area (Å²) in [5.41, 5.74) is 1.67. The summed E-state index contributed by atoms with van der Waals surface area (Å²) in [6.45, 7) is 3.93. The molecule has 1 rings (SSSR count). The Morgan fingerprint density at radius 1 is 1.50 bits per heavy atom. The van der Waals surface area contributed by atoms with E-state index in [2.05, 4.69) is 15.6 Å². The summed E-state index contributed by atoms with van der Waals surface area (Å²) >= 11 is 0. The first kappa shape index (κ1) is 12.3. The molecular weight excluding hydrogens is 206 g/mol. The molecule has 0 saturated carbocycles. The van der Waals surface area contributed by atoms with Gasteiger partial charge in [0.25, 0.3) is 0 Å². The Kier molecular flexibility index (Phi) is 4.57. The van der Waals surface area contributed by atoms with E-state index in [1.54, 1.807) is 26.2 Å². The second-order valence-electron chi connectivity index (χ2n) is 3.33. The van der Waals surface area contributed by atoms with Gasteiger partial charge in [-0.05, 0) is 19.9 Å². The summed E-state index contributed by atoms with van der Waals surface area (Å²) in [4.78, 5) is 15.4. The van der Waals surface area contributed by atoms with Crippen LogP contribution in [0.3, 0.4) is 0 Å². The number of esters is 1. The lowest BCUT2D eigenvalue weighted by Crippen LogP contribution is -2.28. The molecule has 88 valence electrons. The molecule has 0 aromatic carbocycles. The number of carbonyl (C=O) groups is 1. The number of hydrogen-bond acceptors (Lipinski definition) is 5. The summed E-state index contributed by atoms with van der Waals surface area (Å²) in [6.07, 6.45) is 3.37. The Hall–Kier alpha value is -1.78. The summed E-state index contributed by atoms with van der Waals surface area (Å²) < 4.78 is 4.89. The van der Waals surface area contributed by atoms with Crippen LogP contribution in [0.1, 0.15) is 13.8 Å². The average molecular weight is 223 g/mol.